The van der Waals surface area contributed by atoms with Crippen LogP contribution in [-0.4, -0.2) is 56.6 Å². The first-order valence-electron chi connectivity index (χ1n) is 6.52. The second kappa shape index (κ2) is 4.92. The molecule has 2 aromatic heterocycles. The Morgan fingerprint density at radius 2 is 2.10 bits per heavy atom. The minimum Gasteiger partial charge on any atom is -0.353 e. The van der Waals surface area contributed by atoms with Crippen LogP contribution in [0.1, 0.15) is 5.69 Å². The number of aromatic nitrogens is 4. The van der Waals surface area contributed by atoms with Crippen molar-refractivity contribution >= 4 is 17.5 Å². The number of rotatable bonds is 2. The molecule has 3 rings (SSSR count). The van der Waals surface area contributed by atoms with Crippen molar-refractivity contribution < 1.29 is 4.79 Å². The van der Waals surface area contributed by atoms with Crippen LogP contribution in [0.25, 0.3) is 5.78 Å². The molecule has 1 amide bonds. The SMILES string of the molecule is C=CC(=O)N1CCN(c2cc(C)nc3ncnn23)CC1. The zero-order valence-corrected chi connectivity index (χ0v) is 11.4. The first-order chi connectivity index (χ1) is 9.69. The van der Waals surface area contributed by atoms with Crippen LogP contribution in [0.5, 0.6) is 0 Å². The van der Waals surface area contributed by atoms with Crippen molar-refractivity contribution in [3.05, 3.63) is 30.7 Å². The number of hydrogen-bond donors (Lipinski definition) is 0. The van der Waals surface area contributed by atoms with Crippen LogP contribution in [-0.2, 0) is 4.79 Å². The van der Waals surface area contributed by atoms with Gasteiger partial charge in [-0.05, 0) is 13.0 Å². The van der Waals surface area contributed by atoms with E-state index in [1.165, 1.54) is 12.4 Å². The Labute approximate surface area is 116 Å². The molecule has 0 radical (unpaired) electrons. The average Bonchev–Trinajstić information content (AvgIpc) is 2.94. The second-order valence-corrected chi connectivity index (χ2v) is 4.74. The van der Waals surface area contributed by atoms with E-state index in [1.54, 1.807) is 9.42 Å². The number of nitrogens with zero attached hydrogens (tertiary/aromatic N) is 6. The molecule has 1 aliphatic heterocycles. The second-order valence-electron chi connectivity index (χ2n) is 4.74. The van der Waals surface area contributed by atoms with E-state index in [1.807, 2.05) is 13.0 Å². The highest BCUT2D eigenvalue weighted by atomic mass is 16.2. The van der Waals surface area contributed by atoms with Gasteiger partial charge in [-0.3, -0.25) is 4.79 Å². The molecule has 0 aromatic carbocycles. The Bertz CT molecular complexity index is 656. The fourth-order valence-corrected chi connectivity index (χ4v) is 2.42. The average molecular weight is 272 g/mol. The van der Waals surface area contributed by atoms with Crippen LogP contribution in [0.2, 0.25) is 0 Å². The summed E-state index contributed by atoms with van der Waals surface area (Å²) in [7, 11) is 0. The Morgan fingerprint density at radius 1 is 1.35 bits per heavy atom. The highest BCUT2D eigenvalue weighted by Crippen LogP contribution is 2.17. The smallest absolute Gasteiger partial charge is 0.254 e. The summed E-state index contributed by atoms with van der Waals surface area (Å²) in [5.41, 5.74) is 0.907. The van der Waals surface area contributed by atoms with Gasteiger partial charge in [-0.15, -0.1) is 0 Å². The molecular weight excluding hydrogens is 256 g/mol. The van der Waals surface area contributed by atoms with Crippen LogP contribution in [0.3, 0.4) is 0 Å². The van der Waals surface area contributed by atoms with E-state index in [4.69, 9.17) is 0 Å². The standard InChI is InChI=1S/C13H16N6O/c1-3-12(20)18-6-4-17(5-7-18)11-8-10(2)16-13-14-9-15-19(11)13/h3,8-9H,1,4-7H2,2H3. The van der Waals surface area contributed by atoms with Gasteiger partial charge >= 0.3 is 0 Å². The van der Waals surface area contributed by atoms with Gasteiger partial charge in [-0.1, -0.05) is 6.58 Å². The first-order valence-corrected chi connectivity index (χ1v) is 6.52. The van der Waals surface area contributed by atoms with Gasteiger partial charge in [-0.25, -0.2) is 4.98 Å². The van der Waals surface area contributed by atoms with E-state index in [9.17, 15) is 4.79 Å². The normalized spacial score (nSPS) is 15.7. The first kappa shape index (κ1) is 12.6. The lowest BCUT2D eigenvalue weighted by Gasteiger charge is -2.35. The van der Waals surface area contributed by atoms with E-state index >= 15 is 0 Å². The molecule has 7 heteroatoms. The van der Waals surface area contributed by atoms with Gasteiger partial charge in [0.1, 0.15) is 12.1 Å². The molecule has 1 fully saturated rings. The number of hydrogen-bond acceptors (Lipinski definition) is 5. The molecule has 0 N–H and O–H groups in total. The molecule has 20 heavy (non-hydrogen) atoms. The summed E-state index contributed by atoms with van der Waals surface area (Å²) in [6, 6.07) is 1.99. The summed E-state index contributed by atoms with van der Waals surface area (Å²) in [5, 5.41) is 4.21. The van der Waals surface area contributed by atoms with Crippen molar-refractivity contribution in [3.63, 3.8) is 0 Å². The van der Waals surface area contributed by atoms with Gasteiger partial charge in [-0.2, -0.15) is 14.6 Å². The molecule has 0 unspecified atom stereocenters. The topological polar surface area (TPSA) is 66.6 Å². The maximum atomic E-state index is 11.6. The molecule has 0 atom stereocenters. The summed E-state index contributed by atoms with van der Waals surface area (Å²) >= 11 is 0. The van der Waals surface area contributed by atoms with Crippen LogP contribution < -0.4 is 4.90 Å². The molecule has 104 valence electrons. The summed E-state index contributed by atoms with van der Waals surface area (Å²) in [6.07, 6.45) is 2.87. The lowest BCUT2D eigenvalue weighted by atomic mass is 10.3. The van der Waals surface area contributed by atoms with Crippen molar-refractivity contribution in [2.45, 2.75) is 6.92 Å². The van der Waals surface area contributed by atoms with Crippen molar-refractivity contribution in [2.24, 2.45) is 0 Å². The van der Waals surface area contributed by atoms with E-state index in [2.05, 4.69) is 26.5 Å². The zero-order chi connectivity index (χ0) is 14.1. The van der Waals surface area contributed by atoms with Crippen LogP contribution in [0, 0.1) is 6.92 Å². The van der Waals surface area contributed by atoms with Crippen molar-refractivity contribution in [1.82, 2.24) is 24.5 Å². The highest BCUT2D eigenvalue weighted by Gasteiger charge is 2.21. The Hall–Kier alpha value is -2.44. The molecule has 0 aliphatic carbocycles. The largest absolute Gasteiger partial charge is 0.353 e. The Kier molecular flexibility index (Phi) is 3.09. The molecular formula is C13H16N6O. The predicted molar refractivity (Wildman–Crippen MR) is 74.5 cm³/mol. The van der Waals surface area contributed by atoms with Crippen molar-refractivity contribution in [2.75, 3.05) is 31.1 Å². The van der Waals surface area contributed by atoms with E-state index in [-0.39, 0.29) is 5.91 Å². The maximum Gasteiger partial charge on any atom is 0.254 e. The summed E-state index contributed by atoms with van der Waals surface area (Å²) in [5.74, 6) is 1.56. The van der Waals surface area contributed by atoms with E-state index in [0.29, 0.717) is 18.9 Å². The number of carbonyl (C=O) groups excluding carboxylic acids is 1. The van der Waals surface area contributed by atoms with Crippen LogP contribution in [0.4, 0.5) is 5.82 Å². The fourth-order valence-electron chi connectivity index (χ4n) is 2.42. The summed E-state index contributed by atoms with van der Waals surface area (Å²) in [6.45, 7) is 8.35. The summed E-state index contributed by atoms with van der Waals surface area (Å²) < 4.78 is 1.73. The number of fused-ring (bicyclic) bond motifs is 1. The highest BCUT2D eigenvalue weighted by molar-refractivity contribution is 5.87. The molecule has 0 spiro atoms. The lowest BCUT2D eigenvalue weighted by Crippen LogP contribution is -2.48. The van der Waals surface area contributed by atoms with Crippen LogP contribution >= 0.6 is 0 Å². The molecule has 7 nitrogen and oxygen atoms in total. The molecule has 3 heterocycles. The van der Waals surface area contributed by atoms with Gasteiger partial charge in [0.25, 0.3) is 5.78 Å². The van der Waals surface area contributed by atoms with Crippen molar-refractivity contribution in [1.29, 1.82) is 0 Å². The van der Waals surface area contributed by atoms with Gasteiger partial charge < -0.3 is 9.80 Å². The van der Waals surface area contributed by atoms with Gasteiger partial charge in [0.2, 0.25) is 5.91 Å². The van der Waals surface area contributed by atoms with Crippen LogP contribution in [0.15, 0.2) is 25.0 Å². The number of aryl methyl sites for hydroxylation is 1. The van der Waals surface area contributed by atoms with Crippen molar-refractivity contribution in [3.8, 4) is 0 Å². The maximum absolute atomic E-state index is 11.6. The van der Waals surface area contributed by atoms with Gasteiger partial charge in [0.05, 0.1) is 0 Å². The molecule has 1 aliphatic rings. The quantitative estimate of drug-likeness (QED) is 0.734. The molecule has 0 saturated carbocycles. The number of piperazine rings is 1. The summed E-state index contributed by atoms with van der Waals surface area (Å²) in [4.78, 5) is 24.0. The number of anilines is 1. The monoisotopic (exact) mass is 272 g/mol. The minimum absolute atomic E-state index is 0.0125. The fraction of sp³-hybridized carbons (Fsp3) is 0.385. The zero-order valence-electron chi connectivity index (χ0n) is 11.4. The third kappa shape index (κ3) is 2.11. The van der Waals surface area contributed by atoms with Gasteiger partial charge in [0, 0.05) is 37.9 Å². The lowest BCUT2D eigenvalue weighted by molar-refractivity contribution is -0.126. The Morgan fingerprint density at radius 3 is 2.80 bits per heavy atom. The predicted octanol–water partition coefficient (Wildman–Crippen LogP) is 0.267. The van der Waals surface area contributed by atoms with E-state index < -0.39 is 0 Å². The number of carbonyl (C=O) groups is 1. The third-order valence-corrected chi connectivity index (χ3v) is 3.45. The van der Waals surface area contributed by atoms with Gasteiger partial charge in [0.15, 0.2) is 0 Å². The van der Waals surface area contributed by atoms with E-state index in [0.717, 1.165) is 24.6 Å². The number of amides is 1. The molecule has 2 aromatic rings. The minimum atomic E-state index is -0.0125. The third-order valence-electron chi connectivity index (χ3n) is 3.45. The Balaban J connectivity index is 1.85. The molecule has 1 saturated heterocycles. The molecule has 0 bridgehead atoms.